The first kappa shape index (κ1) is 13.9. The molecule has 0 aliphatic heterocycles. The minimum Gasteiger partial charge on any atom is -0.469 e. The summed E-state index contributed by atoms with van der Waals surface area (Å²) < 4.78 is 4.62. The number of ether oxygens (including phenoxy) is 1. The van der Waals surface area contributed by atoms with Gasteiger partial charge in [-0.1, -0.05) is 20.8 Å². The number of carbonyl (C=O) groups is 2. The highest BCUT2D eigenvalue weighted by Gasteiger charge is 2.19. The largest absolute Gasteiger partial charge is 0.469 e. The first-order valence-electron chi connectivity index (χ1n) is 5.21. The summed E-state index contributed by atoms with van der Waals surface area (Å²) in [4.78, 5) is 24.2. The minimum absolute atomic E-state index is 0.000506. The maximum Gasteiger partial charge on any atom is 0.310 e. The van der Waals surface area contributed by atoms with Crippen LogP contribution in [0.2, 0.25) is 0 Å². The van der Waals surface area contributed by atoms with Gasteiger partial charge in [0.2, 0.25) is 5.91 Å². The lowest BCUT2D eigenvalue weighted by molar-refractivity contribution is -0.146. The normalized spacial score (nSPS) is 12.4. The minimum atomic E-state index is -0.273. The van der Waals surface area contributed by atoms with E-state index in [1.807, 2.05) is 13.8 Å². The van der Waals surface area contributed by atoms with Crippen LogP contribution in [-0.2, 0) is 14.3 Å². The Morgan fingerprint density at radius 3 is 2.07 bits per heavy atom. The lowest BCUT2D eigenvalue weighted by Gasteiger charge is -2.25. The van der Waals surface area contributed by atoms with Gasteiger partial charge in [-0.15, -0.1) is 0 Å². The van der Waals surface area contributed by atoms with Crippen molar-refractivity contribution in [3.63, 3.8) is 0 Å². The number of rotatable bonds is 5. The van der Waals surface area contributed by atoms with Crippen molar-refractivity contribution in [3.05, 3.63) is 0 Å². The van der Waals surface area contributed by atoms with Gasteiger partial charge in [-0.2, -0.15) is 0 Å². The van der Waals surface area contributed by atoms with Crippen LogP contribution < -0.4 is 0 Å². The van der Waals surface area contributed by atoms with Gasteiger partial charge in [-0.3, -0.25) is 9.59 Å². The van der Waals surface area contributed by atoms with Gasteiger partial charge < -0.3 is 9.64 Å². The number of hydrogen-bond donors (Lipinski definition) is 0. The standard InChI is InChI=1S/C11H21NO3/c1-8(2)6-12(10(4)13)7-9(3)11(14)15-5/h8-9H,6-7H2,1-5H3. The molecule has 0 aromatic carbocycles. The first-order valence-corrected chi connectivity index (χ1v) is 5.21. The zero-order valence-corrected chi connectivity index (χ0v) is 10.2. The summed E-state index contributed by atoms with van der Waals surface area (Å²) >= 11 is 0. The molecule has 15 heavy (non-hydrogen) atoms. The molecule has 88 valence electrons. The molecular weight excluding hydrogens is 194 g/mol. The topological polar surface area (TPSA) is 46.6 Å². The Balaban J connectivity index is 4.28. The summed E-state index contributed by atoms with van der Waals surface area (Å²) in [5.41, 5.74) is 0. The van der Waals surface area contributed by atoms with E-state index in [1.165, 1.54) is 14.0 Å². The van der Waals surface area contributed by atoms with E-state index in [9.17, 15) is 9.59 Å². The zero-order valence-electron chi connectivity index (χ0n) is 10.2. The third-order valence-electron chi connectivity index (χ3n) is 2.13. The molecular formula is C11H21NO3. The quantitative estimate of drug-likeness (QED) is 0.649. The van der Waals surface area contributed by atoms with Crippen molar-refractivity contribution < 1.29 is 14.3 Å². The Morgan fingerprint density at radius 1 is 1.20 bits per heavy atom. The van der Waals surface area contributed by atoms with Crippen molar-refractivity contribution in [1.82, 2.24) is 4.90 Å². The monoisotopic (exact) mass is 215 g/mol. The molecule has 1 unspecified atom stereocenters. The second-order valence-corrected chi connectivity index (χ2v) is 4.24. The molecule has 0 aliphatic rings. The first-order chi connectivity index (χ1) is 6.88. The zero-order chi connectivity index (χ0) is 12.0. The predicted molar refractivity (Wildman–Crippen MR) is 58.3 cm³/mol. The number of carbonyl (C=O) groups excluding carboxylic acids is 2. The van der Waals surface area contributed by atoms with Gasteiger partial charge in [0.25, 0.3) is 0 Å². The molecule has 0 rings (SSSR count). The van der Waals surface area contributed by atoms with Crippen LogP contribution in [0.4, 0.5) is 0 Å². The van der Waals surface area contributed by atoms with E-state index in [1.54, 1.807) is 11.8 Å². The Morgan fingerprint density at radius 2 is 1.73 bits per heavy atom. The predicted octanol–water partition coefficient (Wildman–Crippen LogP) is 1.30. The highest BCUT2D eigenvalue weighted by atomic mass is 16.5. The van der Waals surface area contributed by atoms with Crippen LogP contribution in [0.25, 0.3) is 0 Å². The van der Waals surface area contributed by atoms with Crippen LogP contribution >= 0.6 is 0 Å². The van der Waals surface area contributed by atoms with E-state index in [0.717, 1.165) is 0 Å². The van der Waals surface area contributed by atoms with E-state index in [2.05, 4.69) is 4.74 Å². The molecule has 0 spiro atoms. The summed E-state index contributed by atoms with van der Waals surface area (Å²) in [5.74, 6) is -0.138. The average molecular weight is 215 g/mol. The van der Waals surface area contributed by atoms with Crippen molar-refractivity contribution in [1.29, 1.82) is 0 Å². The molecule has 0 saturated heterocycles. The Labute approximate surface area is 91.6 Å². The number of methoxy groups -OCH3 is 1. The molecule has 4 nitrogen and oxygen atoms in total. The van der Waals surface area contributed by atoms with Crippen molar-refractivity contribution in [2.75, 3.05) is 20.2 Å². The molecule has 0 bridgehead atoms. The van der Waals surface area contributed by atoms with Crippen LogP contribution in [-0.4, -0.2) is 37.0 Å². The summed E-state index contributed by atoms with van der Waals surface area (Å²) in [5, 5.41) is 0. The molecule has 0 aromatic rings. The van der Waals surface area contributed by atoms with Crippen LogP contribution in [0.1, 0.15) is 27.7 Å². The fraction of sp³-hybridized carbons (Fsp3) is 0.818. The molecule has 0 N–H and O–H groups in total. The molecule has 1 atom stereocenters. The molecule has 0 radical (unpaired) electrons. The molecule has 0 heterocycles. The average Bonchev–Trinajstić information content (AvgIpc) is 2.14. The summed E-state index contributed by atoms with van der Waals surface area (Å²) in [6.07, 6.45) is 0. The maximum atomic E-state index is 11.3. The third-order valence-corrected chi connectivity index (χ3v) is 2.13. The Kier molecular flexibility index (Phi) is 5.97. The van der Waals surface area contributed by atoms with E-state index in [-0.39, 0.29) is 17.8 Å². The van der Waals surface area contributed by atoms with Crippen molar-refractivity contribution in [2.24, 2.45) is 11.8 Å². The molecule has 0 fully saturated rings. The van der Waals surface area contributed by atoms with Gasteiger partial charge in [0.05, 0.1) is 13.0 Å². The van der Waals surface area contributed by atoms with E-state index in [4.69, 9.17) is 0 Å². The SMILES string of the molecule is COC(=O)C(C)CN(CC(C)C)C(C)=O. The van der Waals surface area contributed by atoms with Gasteiger partial charge in [0, 0.05) is 20.0 Å². The van der Waals surface area contributed by atoms with E-state index < -0.39 is 0 Å². The van der Waals surface area contributed by atoms with Gasteiger partial charge in [-0.05, 0) is 5.92 Å². The number of hydrogen-bond acceptors (Lipinski definition) is 3. The Hall–Kier alpha value is -1.06. The van der Waals surface area contributed by atoms with Crippen LogP contribution in [0.5, 0.6) is 0 Å². The molecule has 0 aliphatic carbocycles. The molecule has 4 heteroatoms. The second-order valence-electron chi connectivity index (χ2n) is 4.24. The smallest absolute Gasteiger partial charge is 0.310 e. The molecule has 0 aromatic heterocycles. The van der Waals surface area contributed by atoms with Gasteiger partial charge in [0.15, 0.2) is 0 Å². The summed E-state index contributed by atoms with van der Waals surface area (Å²) in [6, 6.07) is 0. The fourth-order valence-corrected chi connectivity index (χ4v) is 1.38. The highest BCUT2D eigenvalue weighted by Crippen LogP contribution is 2.06. The van der Waals surface area contributed by atoms with E-state index >= 15 is 0 Å². The summed E-state index contributed by atoms with van der Waals surface area (Å²) in [6.45, 7) is 8.48. The summed E-state index contributed by atoms with van der Waals surface area (Å²) in [7, 11) is 1.36. The van der Waals surface area contributed by atoms with Gasteiger partial charge in [0.1, 0.15) is 0 Å². The second kappa shape index (κ2) is 6.43. The van der Waals surface area contributed by atoms with Crippen molar-refractivity contribution in [2.45, 2.75) is 27.7 Å². The van der Waals surface area contributed by atoms with Crippen molar-refractivity contribution >= 4 is 11.9 Å². The van der Waals surface area contributed by atoms with Gasteiger partial charge >= 0.3 is 5.97 Å². The third kappa shape index (κ3) is 5.40. The van der Waals surface area contributed by atoms with Gasteiger partial charge in [-0.25, -0.2) is 0 Å². The Bertz CT molecular complexity index is 226. The highest BCUT2D eigenvalue weighted by molar-refractivity contribution is 5.76. The van der Waals surface area contributed by atoms with Crippen LogP contribution in [0.3, 0.4) is 0 Å². The molecule has 1 amide bonds. The van der Waals surface area contributed by atoms with Crippen LogP contribution in [0, 0.1) is 11.8 Å². The number of esters is 1. The number of amides is 1. The number of nitrogens with zero attached hydrogens (tertiary/aromatic N) is 1. The molecule has 0 saturated carbocycles. The lowest BCUT2D eigenvalue weighted by Crippen LogP contribution is -2.38. The van der Waals surface area contributed by atoms with Crippen molar-refractivity contribution in [3.8, 4) is 0 Å². The maximum absolute atomic E-state index is 11.3. The fourth-order valence-electron chi connectivity index (χ4n) is 1.38. The van der Waals surface area contributed by atoms with Crippen LogP contribution in [0.15, 0.2) is 0 Å². The van der Waals surface area contributed by atoms with E-state index in [0.29, 0.717) is 19.0 Å². The lowest BCUT2D eigenvalue weighted by atomic mass is 10.1.